The third-order valence-corrected chi connectivity index (χ3v) is 6.42. The molecule has 142 valence electrons. The maximum absolute atomic E-state index is 11.9. The van der Waals surface area contributed by atoms with Gasteiger partial charge in [0, 0.05) is 6.07 Å². The number of benzene rings is 1. The molecule has 1 N–H and O–H groups in total. The molecule has 0 bridgehead atoms. The molecule has 2 rings (SSSR count). The second-order valence-electron chi connectivity index (χ2n) is 7.62. The number of nitrogens with one attached hydrogen (secondary N) is 1. The zero-order valence-electron chi connectivity index (χ0n) is 16.3. The van der Waals surface area contributed by atoms with E-state index in [-0.39, 0.29) is 23.8 Å². The average molecular weight is 393 g/mol. The maximum atomic E-state index is 11.9. The molecule has 1 heterocycles. The van der Waals surface area contributed by atoms with Crippen LogP contribution in [0.25, 0.3) is 11.3 Å². The number of hydrogen-bond acceptors (Lipinski definition) is 4. The van der Waals surface area contributed by atoms with Crippen molar-refractivity contribution in [2.24, 2.45) is 5.41 Å². The third-order valence-electron chi connectivity index (χ3n) is 5.25. The van der Waals surface area contributed by atoms with Crippen LogP contribution < -0.4 is 5.56 Å². The first-order chi connectivity index (χ1) is 12.1. The predicted molar refractivity (Wildman–Crippen MR) is 111 cm³/mol. The van der Waals surface area contributed by atoms with Gasteiger partial charge in [0.25, 0.3) is 5.56 Å². The molecule has 0 fully saturated rings. The molecule has 26 heavy (non-hydrogen) atoms. The van der Waals surface area contributed by atoms with Crippen LogP contribution in [0, 0.1) is 10.2 Å². The van der Waals surface area contributed by atoms with E-state index in [1.807, 2.05) is 37.3 Å². The first-order valence-electron chi connectivity index (χ1n) is 8.66. The number of aromatic nitrogens is 2. The largest absolute Gasteiger partial charge is 0.420 e. The summed E-state index contributed by atoms with van der Waals surface area (Å²) in [6, 6.07) is 11.2. The topological polar surface area (TPSA) is 56.2 Å². The Bertz CT molecular complexity index is 858. The Morgan fingerprint density at radius 2 is 1.85 bits per heavy atom. The highest BCUT2D eigenvalue weighted by Gasteiger charge is 2.42. The van der Waals surface area contributed by atoms with E-state index < -0.39 is 5.60 Å². The summed E-state index contributed by atoms with van der Waals surface area (Å²) in [6.07, 6.45) is -0.155. The highest BCUT2D eigenvalue weighted by atomic mass is 32.1. The molecule has 0 spiro atoms. The van der Waals surface area contributed by atoms with Crippen LogP contribution in [0.2, 0.25) is 0 Å². The summed E-state index contributed by atoms with van der Waals surface area (Å²) in [6.45, 7) is 10.8. The first kappa shape index (κ1) is 20.8. The van der Waals surface area contributed by atoms with Crippen molar-refractivity contribution in [3.05, 3.63) is 51.5 Å². The zero-order chi connectivity index (χ0) is 19.5. The summed E-state index contributed by atoms with van der Waals surface area (Å²) in [7, 11) is 0.623. The Kier molecular flexibility index (Phi) is 6.39. The van der Waals surface area contributed by atoms with Gasteiger partial charge in [-0.15, -0.1) is 0 Å². The van der Waals surface area contributed by atoms with E-state index in [2.05, 4.69) is 32.7 Å². The number of H-pyrrole nitrogens is 1. The van der Waals surface area contributed by atoms with Crippen molar-refractivity contribution in [3.63, 3.8) is 0 Å². The number of nitrogens with zero attached hydrogens (tertiary/aromatic N) is 1. The average Bonchev–Trinajstić information content (AvgIpc) is 2.59. The summed E-state index contributed by atoms with van der Waals surface area (Å²) in [5, 5.41) is 0. The second-order valence-corrected chi connectivity index (χ2v) is 8.41. The lowest BCUT2D eigenvalue weighted by Gasteiger charge is -2.45. The van der Waals surface area contributed by atoms with Gasteiger partial charge in [-0.2, -0.15) is 0 Å². The lowest BCUT2D eigenvalue weighted by molar-refractivity contribution is -0.141. The van der Waals surface area contributed by atoms with E-state index in [0.29, 0.717) is 15.3 Å². The normalized spacial score (nSPS) is 15.6. The minimum absolute atomic E-state index is 0.0805. The van der Waals surface area contributed by atoms with Gasteiger partial charge < -0.3 is 9.16 Å². The monoisotopic (exact) mass is 392 g/mol. The summed E-state index contributed by atoms with van der Waals surface area (Å²) >= 11 is 5.38. The van der Waals surface area contributed by atoms with Gasteiger partial charge in [-0.25, -0.2) is 0 Å². The molecule has 2 atom stereocenters. The number of rotatable bonds is 6. The van der Waals surface area contributed by atoms with Crippen LogP contribution in [-0.4, -0.2) is 31.7 Å². The van der Waals surface area contributed by atoms with E-state index in [1.165, 1.54) is 0 Å². The van der Waals surface area contributed by atoms with E-state index in [4.69, 9.17) is 21.4 Å². The lowest BCUT2D eigenvalue weighted by Crippen LogP contribution is -2.52. The van der Waals surface area contributed by atoms with Crippen molar-refractivity contribution in [1.29, 1.82) is 0 Å². The second kappa shape index (κ2) is 8.00. The molecule has 7 heteroatoms. The van der Waals surface area contributed by atoms with E-state index in [9.17, 15) is 4.79 Å². The molecule has 0 aliphatic heterocycles. The van der Waals surface area contributed by atoms with E-state index >= 15 is 0 Å². The summed E-state index contributed by atoms with van der Waals surface area (Å²) in [5.41, 5.74) is 0.925. The summed E-state index contributed by atoms with van der Waals surface area (Å²) < 4.78 is 14.2. The fourth-order valence-electron chi connectivity index (χ4n) is 2.92. The molecule has 1 aromatic carbocycles. The highest BCUT2D eigenvalue weighted by molar-refractivity contribution is 7.71. The summed E-state index contributed by atoms with van der Waals surface area (Å²) in [4.78, 5) is 14.6. The van der Waals surface area contributed by atoms with E-state index in [0.717, 1.165) is 11.3 Å². The molecule has 0 amide bonds. The quantitative estimate of drug-likeness (QED) is 0.606. The first-order valence-corrected chi connectivity index (χ1v) is 9.89. The number of hydrogen-bond donors (Lipinski definition) is 1. The van der Waals surface area contributed by atoms with Gasteiger partial charge in [-0.05, 0) is 37.0 Å². The Morgan fingerprint density at radius 3 is 2.38 bits per heavy atom. The molecule has 0 saturated carbocycles. The minimum atomic E-state index is -0.420. The highest BCUT2D eigenvalue weighted by Crippen LogP contribution is 2.37. The van der Waals surface area contributed by atoms with Gasteiger partial charge in [0.1, 0.15) is 17.2 Å². The van der Waals surface area contributed by atoms with Crippen LogP contribution >= 0.6 is 12.2 Å². The summed E-state index contributed by atoms with van der Waals surface area (Å²) in [5.74, 6) is 0. The van der Waals surface area contributed by atoms with Gasteiger partial charge in [0.2, 0.25) is 0 Å². The Balaban J connectivity index is 2.36. The molecule has 2 aromatic rings. The van der Waals surface area contributed by atoms with Crippen molar-refractivity contribution in [2.45, 2.75) is 53.1 Å². The Labute approximate surface area is 162 Å². The van der Waals surface area contributed by atoms with Crippen LogP contribution in [0.15, 0.2) is 41.2 Å². The molecule has 5 nitrogen and oxygen atoms in total. The predicted octanol–water partition coefficient (Wildman–Crippen LogP) is 3.04. The van der Waals surface area contributed by atoms with Crippen LogP contribution in [0.5, 0.6) is 0 Å². The smallest absolute Gasteiger partial charge is 0.252 e. The minimum Gasteiger partial charge on any atom is -0.420 e. The standard InChI is InChI=1S/C19H28N2O3SSi/c1-13(19(5,24-26)18(2,3)4)23-12-21-15(11-16(22)20-17(21)25)14-9-7-6-8-10-14/h6-11,13H,12H2,1-5,26H3,(H,20,22,25). The van der Waals surface area contributed by atoms with E-state index in [1.54, 1.807) is 10.6 Å². The molecular weight excluding hydrogens is 364 g/mol. The molecular formula is C19H28N2O3SSi. The Morgan fingerprint density at radius 1 is 1.23 bits per heavy atom. The van der Waals surface area contributed by atoms with Crippen molar-refractivity contribution in [1.82, 2.24) is 9.55 Å². The van der Waals surface area contributed by atoms with Crippen molar-refractivity contribution in [2.75, 3.05) is 0 Å². The zero-order valence-corrected chi connectivity index (χ0v) is 19.1. The van der Waals surface area contributed by atoms with Crippen LogP contribution in [0.3, 0.4) is 0 Å². The van der Waals surface area contributed by atoms with Crippen molar-refractivity contribution < 1.29 is 9.16 Å². The van der Waals surface area contributed by atoms with Gasteiger partial charge in [0.05, 0.1) is 17.4 Å². The molecule has 0 aliphatic rings. The number of aromatic amines is 1. The molecule has 2 unspecified atom stereocenters. The van der Waals surface area contributed by atoms with Gasteiger partial charge >= 0.3 is 0 Å². The van der Waals surface area contributed by atoms with Gasteiger partial charge in [0.15, 0.2) is 4.77 Å². The van der Waals surface area contributed by atoms with Crippen molar-refractivity contribution >= 4 is 22.7 Å². The number of ether oxygens (including phenoxy) is 1. The molecule has 1 aromatic heterocycles. The van der Waals surface area contributed by atoms with Crippen LogP contribution in [0.4, 0.5) is 0 Å². The van der Waals surface area contributed by atoms with Crippen LogP contribution in [0.1, 0.15) is 34.6 Å². The van der Waals surface area contributed by atoms with Crippen molar-refractivity contribution in [3.8, 4) is 11.3 Å². The van der Waals surface area contributed by atoms with Gasteiger partial charge in [-0.1, -0.05) is 51.1 Å². The maximum Gasteiger partial charge on any atom is 0.252 e. The lowest BCUT2D eigenvalue weighted by atomic mass is 9.75. The molecule has 0 aliphatic carbocycles. The molecule has 0 saturated heterocycles. The third kappa shape index (κ3) is 4.23. The fraction of sp³-hybridized carbons (Fsp3) is 0.474. The van der Waals surface area contributed by atoms with Crippen LogP contribution in [-0.2, 0) is 15.9 Å². The molecule has 0 radical (unpaired) electrons. The van der Waals surface area contributed by atoms with Gasteiger partial charge in [-0.3, -0.25) is 14.3 Å². The fourth-order valence-corrected chi connectivity index (χ4v) is 4.12. The SMILES string of the molecule is CC(OCn1c(-c2ccccc2)cc(=O)[nH]c1=S)C(C)(O[SiH3])C(C)(C)C. The Hall–Kier alpha value is -1.54.